The molecule has 2 N–H and O–H groups in total. The fraction of sp³-hybridized carbons (Fsp3) is 0.240. The third kappa shape index (κ3) is 2.88. The Morgan fingerprint density at radius 2 is 1.93 bits per heavy atom. The van der Waals surface area contributed by atoms with Crippen LogP contribution < -0.4 is 10.6 Å². The van der Waals surface area contributed by atoms with E-state index in [0.717, 1.165) is 12.1 Å². The van der Waals surface area contributed by atoms with Crippen LogP contribution in [0.3, 0.4) is 0 Å². The van der Waals surface area contributed by atoms with E-state index in [1.54, 1.807) is 0 Å². The van der Waals surface area contributed by atoms with Crippen LogP contribution in [0.25, 0.3) is 10.8 Å². The fourth-order valence-electron chi connectivity index (χ4n) is 4.65. The van der Waals surface area contributed by atoms with Crippen LogP contribution in [0.15, 0.2) is 72.8 Å². The lowest BCUT2D eigenvalue weighted by atomic mass is 9.76. The van der Waals surface area contributed by atoms with Crippen molar-refractivity contribution in [3.8, 4) is 0 Å². The molecule has 5 rings (SSSR count). The molecule has 1 heterocycles. The summed E-state index contributed by atoms with van der Waals surface area (Å²) in [5, 5.41) is 9.35. The Labute approximate surface area is 165 Å². The average molecular weight is 368 g/mol. The molecule has 3 unspecified atom stereocenters. The Morgan fingerprint density at radius 3 is 2.79 bits per heavy atom. The highest BCUT2D eigenvalue weighted by molar-refractivity contribution is 5.91. The van der Waals surface area contributed by atoms with Gasteiger partial charge in [0.15, 0.2) is 0 Å². The second-order valence-electron chi connectivity index (χ2n) is 7.79. The number of hydrogen-bond acceptors (Lipinski definition) is 2. The first-order valence-corrected chi connectivity index (χ1v) is 10.1. The molecule has 1 aliphatic carbocycles. The van der Waals surface area contributed by atoms with Crippen LogP contribution in [0, 0.1) is 5.92 Å². The molecule has 3 nitrogen and oxygen atoms in total. The number of rotatable bonds is 3. The summed E-state index contributed by atoms with van der Waals surface area (Å²) in [4.78, 5) is 11.8. The van der Waals surface area contributed by atoms with E-state index in [1.807, 2.05) is 13.0 Å². The standard InChI is InChI=1S/C25H24N2O/c1-2-24(28)26-19-12-13-23-22(15-19)20-8-5-9-21(20)25(27-23)18-11-10-16-6-3-4-7-17(16)14-18/h3-8,10-15,20-21,25,27H,2,9H2,1H3,(H,26,28). The first-order valence-electron chi connectivity index (χ1n) is 10.1. The molecule has 0 fully saturated rings. The summed E-state index contributed by atoms with van der Waals surface area (Å²) in [6.45, 7) is 1.87. The van der Waals surface area contributed by atoms with E-state index in [0.29, 0.717) is 18.3 Å². The Kier molecular flexibility index (Phi) is 4.16. The molecule has 0 radical (unpaired) electrons. The van der Waals surface area contributed by atoms with E-state index in [1.165, 1.54) is 27.6 Å². The number of hydrogen-bond donors (Lipinski definition) is 2. The molecule has 3 heteroatoms. The van der Waals surface area contributed by atoms with Gasteiger partial charge >= 0.3 is 0 Å². The Hall–Kier alpha value is -3.07. The molecule has 0 saturated carbocycles. The van der Waals surface area contributed by atoms with E-state index in [4.69, 9.17) is 0 Å². The predicted molar refractivity (Wildman–Crippen MR) is 116 cm³/mol. The minimum Gasteiger partial charge on any atom is -0.378 e. The highest BCUT2D eigenvalue weighted by Gasteiger charge is 2.38. The summed E-state index contributed by atoms with van der Waals surface area (Å²) in [6.07, 6.45) is 6.20. The highest BCUT2D eigenvalue weighted by Crippen LogP contribution is 2.50. The second-order valence-corrected chi connectivity index (χ2v) is 7.79. The Balaban J connectivity index is 1.52. The van der Waals surface area contributed by atoms with Crippen LogP contribution in [0.1, 0.15) is 42.9 Å². The van der Waals surface area contributed by atoms with Gasteiger partial charge in [0.25, 0.3) is 0 Å². The smallest absolute Gasteiger partial charge is 0.224 e. The predicted octanol–water partition coefficient (Wildman–Crippen LogP) is 6.01. The molecule has 3 atom stereocenters. The summed E-state index contributed by atoms with van der Waals surface area (Å²) in [6, 6.07) is 21.9. The maximum absolute atomic E-state index is 11.8. The Bertz CT molecular complexity index is 1080. The molecular weight excluding hydrogens is 344 g/mol. The molecule has 0 spiro atoms. The van der Waals surface area contributed by atoms with Crippen molar-refractivity contribution in [1.82, 2.24) is 0 Å². The third-order valence-electron chi connectivity index (χ3n) is 6.10. The molecule has 2 aliphatic rings. The van der Waals surface area contributed by atoms with Gasteiger partial charge in [-0.05, 0) is 58.5 Å². The number of carbonyl (C=O) groups is 1. The van der Waals surface area contributed by atoms with Crippen molar-refractivity contribution in [3.63, 3.8) is 0 Å². The van der Waals surface area contributed by atoms with Gasteiger partial charge in [0.2, 0.25) is 5.91 Å². The van der Waals surface area contributed by atoms with Crippen molar-refractivity contribution < 1.29 is 4.79 Å². The maximum Gasteiger partial charge on any atom is 0.224 e. The summed E-state index contributed by atoms with van der Waals surface area (Å²) >= 11 is 0. The molecule has 0 bridgehead atoms. The van der Waals surface area contributed by atoms with Crippen molar-refractivity contribution in [3.05, 3.63) is 83.9 Å². The van der Waals surface area contributed by atoms with Crippen molar-refractivity contribution in [2.24, 2.45) is 5.92 Å². The Morgan fingerprint density at radius 1 is 1.07 bits per heavy atom. The monoisotopic (exact) mass is 368 g/mol. The van der Waals surface area contributed by atoms with Gasteiger partial charge in [-0.15, -0.1) is 0 Å². The summed E-state index contributed by atoms with van der Waals surface area (Å²) in [5.74, 6) is 0.924. The lowest BCUT2D eigenvalue weighted by Gasteiger charge is -2.38. The van der Waals surface area contributed by atoms with Crippen LogP contribution >= 0.6 is 0 Å². The quantitative estimate of drug-likeness (QED) is 0.556. The highest BCUT2D eigenvalue weighted by atomic mass is 16.1. The van der Waals surface area contributed by atoms with Gasteiger partial charge in [0.05, 0.1) is 6.04 Å². The van der Waals surface area contributed by atoms with Crippen LogP contribution in [-0.2, 0) is 4.79 Å². The van der Waals surface area contributed by atoms with Crippen LogP contribution in [0.2, 0.25) is 0 Å². The van der Waals surface area contributed by atoms with Gasteiger partial charge in [0, 0.05) is 23.7 Å². The SMILES string of the molecule is CCC(=O)Nc1ccc2c(c1)C1C=CCC1C(c1ccc3ccccc3c1)N2. The number of allylic oxidation sites excluding steroid dienone is 2. The molecule has 28 heavy (non-hydrogen) atoms. The number of benzene rings is 3. The topological polar surface area (TPSA) is 41.1 Å². The molecule has 3 aromatic carbocycles. The van der Waals surface area contributed by atoms with E-state index in [9.17, 15) is 4.79 Å². The number of fused-ring (bicyclic) bond motifs is 4. The minimum atomic E-state index is 0.0521. The van der Waals surface area contributed by atoms with Gasteiger partial charge in [-0.3, -0.25) is 4.79 Å². The number of anilines is 2. The molecule has 0 aromatic heterocycles. The first kappa shape index (κ1) is 17.1. The largest absolute Gasteiger partial charge is 0.378 e. The molecule has 1 aliphatic heterocycles. The molecule has 0 saturated heterocycles. The average Bonchev–Trinajstić information content (AvgIpc) is 3.23. The number of amides is 1. The van der Waals surface area contributed by atoms with Gasteiger partial charge in [0.1, 0.15) is 0 Å². The maximum atomic E-state index is 11.8. The van der Waals surface area contributed by atoms with Crippen molar-refractivity contribution >= 4 is 28.1 Å². The summed E-state index contributed by atoms with van der Waals surface area (Å²) in [7, 11) is 0. The lowest BCUT2D eigenvalue weighted by molar-refractivity contribution is -0.115. The zero-order valence-corrected chi connectivity index (χ0v) is 16.0. The normalized spacial score (nSPS) is 22.4. The van der Waals surface area contributed by atoms with E-state index in [2.05, 4.69) is 77.4 Å². The zero-order valence-electron chi connectivity index (χ0n) is 16.0. The lowest BCUT2D eigenvalue weighted by Crippen LogP contribution is -2.29. The van der Waals surface area contributed by atoms with Gasteiger partial charge in [-0.1, -0.05) is 55.5 Å². The first-order chi connectivity index (χ1) is 13.7. The minimum absolute atomic E-state index is 0.0521. The number of carbonyl (C=O) groups excluding carboxylic acids is 1. The molecule has 140 valence electrons. The molecule has 3 aromatic rings. The molecule has 1 amide bonds. The van der Waals surface area contributed by atoms with E-state index in [-0.39, 0.29) is 11.9 Å². The summed E-state index contributed by atoms with van der Waals surface area (Å²) in [5.41, 5.74) is 4.67. The second kappa shape index (κ2) is 6.83. The van der Waals surface area contributed by atoms with Crippen LogP contribution in [-0.4, -0.2) is 5.91 Å². The van der Waals surface area contributed by atoms with Crippen LogP contribution in [0.5, 0.6) is 0 Å². The van der Waals surface area contributed by atoms with Crippen molar-refractivity contribution in [2.45, 2.75) is 31.7 Å². The van der Waals surface area contributed by atoms with Crippen molar-refractivity contribution in [1.29, 1.82) is 0 Å². The van der Waals surface area contributed by atoms with Crippen molar-refractivity contribution in [2.75, 3.05) is 10.6 Å². The number of nitrogens with one attached hydrogen (secondary N) is 2. The van der Waals surface area contributed by atoms with Crippen LogP contribution in [0.4, 0.5) is 11.4 Å². The zero-order chi connectivity index (χ0) is 19.1. The fourth-order valence-corrected chi connectivity index (χ4v) is 4.65. The van der Waals surface area contributed by atoms with E-state index >= 15 is 0 Å². The third-order valence-corrected chi connectivity index (χ3v) is 6.10. The molecular formula is C25H24N2O. The van der Waals surface area contributed by atoms with Gasteiger partial charge < -0.3 is 10.6 Å². The summed E-state index contributed by atoms with van der Waals surface area (Å²) < 4.78 is 0. The van der Waals surface area contributed by atoms with Gasteiger partial charge in [-0.25, -0.2) is 0 Å². The van der Waals surface area contributed by atoms with E-state index < -0.39 is 0 Å². The van der Waals surface area contributed by atoms with Gasteiger partial charge in [-0.2, -0.15) is 0 Å².